The number of alkyl halides is 3. The second-order valence-corrected chi connectivity index (χ2v) is 4.91. The fourth-order valence-corrected chi connectivity index (χ4v) is 2.09. The van der Waals surface area contributed by atoms with E-state index in [0.29, 0.717) is 5.75 Å². The Kier molecular flexibility index (Phi) is 6.33. The fourth-order valence-electron chi connectivity index (χ4n) is 2.09. The molecule has 0 saturated heterocycles. The van der Waals surface area contributed by atoms with Gasteiger partial charge in [-0.25, -0.2) is 0 Å². The summed E-state index contributed by atoms with van der Waals surface area (Å²) in [5.41, 5.74) is 3.08. The summed E-state index contributed by atoms with van der Waals surface area (Å²) in [5.74, 6) is 0.701. The van der Waals surface area contributed by atoms with Crippen LogP contribution in [0.25, 0.3) is 0 Å². The number of benzene rings is 1. The highest BCUT2D eigenvalue weighted by atomic mass is 19.4. The van der Waals surface area contributed by atoms with Gasteiger partial charge in [0.15, 0.2) is 0 Å². The molecule has 1 rings (SSSR count). The van der Waals surface area contributed by atoms with Crippen LogP contribution in [-0.2, 0) is 6.54 Å². The standard InChI is InChI=1S/C15H22F3NO/c1-4-19-10-13-8-11(2)14(12(3)9-13)20-7-5-6-15(16,17)18/h8-9,19H,4-7,10H2,1-3H3. The summed E-state index contributed by atoms with van der Waals surface area (Å²) in [6.45, 7) is 7.65. The fraction of sp³-hybridized carbons (Fsp3) is 0.600. The molecule has 2 nitrogen and oxygen atoms in total. The van der Waals surface area contributed by atoms with Gasteiger partial charge in [-0.15, -0.1) is 0 Å². The molecule has 0 radical (unpaired) electrons. The number of rotatable bonds is 7. The van der Waals surface area contributed by atoms with Gasteiger partial charge in [-0.05, 0) is 43.5 Å². The number of aryl methyl sites for hydroxylation is 2. The minimum absolute atomic E-state index is 0.0124. The predicted molar refractivity (Wildman–Crippen MR) is 74.1 cm³/mol. The molecule has 0 atom stereocenters. The topological polar surface area (TPSA) is 21.3 Å². The highest BCUT2D eigenvalue weighted by Crippen LogP contribution is 2.26. The van der Waals surface area contributed by atoms with Crippen molar-refractivity contribution in [3.63, 3.8) is 0 Å². The molecule has 1 aromatic rings. The van der Waals surface area contributed by atoms with E-state index in [1.807, 2.05) is 32.9 Å². The summed E-state index contributed by atoms with van der Waals surface area (Å²) in [4.78, 5) is 0. The van der Waals surface area contributed by atoms with Crippen LogP contribution in [0.1, 0.15) is 36.5 Å². The summed E-state index contributed by atoms with van der Waals surface area (Å²) in [6, 6.07) is 4.02. The first-order valence-corrected chi connectivity index (χ1v) is 6.84. The van der Waals surface area contributed by atoms with Crippen molar-refractivity contribution in [2.24, 2.45) is 0 Å². The second-order valence-electron chi connectivity index (χ2n) is 4.91. The number of nitrogens with one attached hydrogen (secondary N) is 1. The average Bonchev–Trinajstić information content (AvgIpc) is 2.33. The van der Waals surface area contributed by atoms with Crippen molar-refractivity contribution in [3.8, 4) is 5.75 Å². The highest BCUT2D eigenvalue weighted by molar-refractivity contribution is 5.43. The lowest BCUT2D eigenvalue weighted by molar-refractivity contribution is -0.136. The van der Waals surface area contributed by atoms with E-state index in [2.05, 4.69) is 5.32 Å². The Morgan fingerprint density at radius 1 is 1.15 bits per heavy atom. The third-order valence-corrected chi connectivity index (χ3v) is 2.95. The van der Waals surface area contributed by atoms with E-state index in [1.54, 1.807) is 0 Å². The van der Waals surface area contributed by atoms with Gasteiger partial charge in [0.25, 0.3) is 0 Å². The third-order valence-electron chi connectivity index (χ3n) is 2.95. The Bertz CT molecular complexity index is 407. The van der Waals surface area contributed by atoms with Gasteiger partial charge in [0, 0.05) is 13.0 Å². The zero-order chi connectivity index (χ0) is 15.2. The summed E-state index contributed by atoms with van der Waals surface area (Å²) in [7, 11) is 0. The van der Waals surface area contributed by atoms with E-state index in [9.17, 15) is 13.2 Å². The molecular formula is C15H22F3NO. The minimum Gasteiger partial charge on any atom is -0.493 e. The Hall–Kier alpha value is -1.23. The second kappa shape index (κ2) is 7.53. The lowest BCUT2D eigenvalue weighted by Gasteiger charge is -2.15. The molecule has 0 heterocycles. The summed E-state index contributed by atoms with van der Waals surface area (Å²) in [5, 5.41) is 3.24. The van der Waals surface area contributed by atoms with Crippen molar-refractivity contribution in [2.75, 3.05) is 13.2 Å². The predicted octanol–water partition coefficient (Wildman–Crippen LogP) is 4.13. The number of hydrogen-bond acceptors (Lipinski definition) is 2. The van der Waals surface area contributed by atoms with Gasteiger partial charge in [-0.2, -0.15) is 13.2 Å². The van der Waals surface area contributed by atoms with E-state index in [1.165, 1.54) is 0 Å². The highest BCUT2D eigenvalue weighted by Gasteiger charge is 2.26. The van der Waals surface area contributed by atoms with Gasteiger partial charge in [0.2, 0.25) is 0 Å². The SMILES string of the molecule is CCNCc1cc(C)c(OCCCC(F)(F)F)c(C)c1. The number of halogens is 3. The molecular weight excluding hydrogens is 267 g/mol. The van der Waals surface area contributed by atoms with Gasteiger partial charge >= 0.3 is 6.18 Å². The molecule has 114 valence electrons. The van der Waals surface area contributed by atoms with Crippen LogP contribution in [0.15, 0.2) is 12.1 Å². The van der Waals surface area contributed by atoms with Crippen molar-refractivity contribution < 1.29 is 17.9 Å². The molecule has 0 spiro atoms. The van der Waals surface area contributed by atoms with Gasteiger partial charge in [-0.1, -0.05) is 19.1 Å². The van der Waals surface area contributed by atoms with Gasteiger partial charge in [0.1, 0.15) is 5.75 Å². The van der Waals surface area contributed by atoms with Crippen LogP contribution in [-0.4, -0.2) is 19.3 Å². The number of ether oxygens (including phenoxy) is 1. The third kappa shape index (κ3) is 5.82. The van der Waals surface area contributed by atoms with E-state index in [4.69, 9.17) is 4.74 Å². The van der Waals surface area contributed by atoms with Crippen molar-refractivity contribution in [3.05, 3.63) is 28.8 Å². The summed E-state index contributed by atoms with van der Waals surface area (Å²) < 4.78 is 41.6. The van der Waals surface area contributed by atoms with Crippen molar-refractivity contribution >= 4 is 0 Å². The first kappa shape index (κ1) is 16.8. The first-order valence-electron chi connectivity index (χ1n) is 6.84. The molecule has 0 aliphatic rings. The average molecular weight is 289 g/mol. The zero-order valence-corrected chi connectivity index (χ0v) is 12.2. The van der Waals surface area contributed by atoms with Gasteiger partial charge < -0.3 is 10.1 Å². The molecule has 1 aromatic carbocycles. The van der Waals surface area contributed by atoms with Crippen LogP contribution in [0.2, 0.25) is 0 Å². The maximum absolute atomic E-state index is 12.0. The normalized spacial score (nSPS) is 11.7. The molecule has 20 heavy (non-hydrogen) atoms. The van der Waals surface area contributed by atoms with Crippen molar-refractivity contribution in [1.29, 1.82) is 0 Å². The monoisotopic (exact) mass is 289 g/mol. The van der Waals surface area contributed by atoms with Gasteiger partial charge in [-0.3, -0.25) is 0 Å². The first-order chi connectivity index (χ1) is 9.33. The van der Waals surface area contributed by atoms with Crippen LogP contribution in [0.5, 0.6) is 5.75 Å². The maximum atomic E-state index is 12.0. The van der Waals surface area contributed by atoms with E-state index >= 15 is 0 Å². The van der Waals surface area contributed by atoms with Gasteiger partial charge in [0.05, 0.1) is 6.61 Å². The Morgan fingerprint density at radius 3 is 2.25 bits per heavy atom. The van der Waals surface area contributed by atoms with E-state index in [0.717, 1.165) is 29.8 Å². The zero-order valence-electron chi connectivity index (χ0n) is 12.2. The molecule has 1 N–H and O–H groups in total. The van der Waals surface area contributed by atoms with Crippen molar-refractivity contribution in [1.82, 2.24) is 5.32 Å². The van der Waals surface area contributed by atoms with E-state index in [-0.39, 0.29) is 13.0 Å². The van der Waals surface area contributed by atoms with E-state index < -0.39 is 12.6 Å². The molecule has 0 aliphatic heterocycles. The molecule has 0 bridgehead atoms. The van der Waals surface area contributed by atoms with Crippen LogP contribution in [0.3, 0.4) is 0 Å². The molecule has 0 amide bonds. The molecule has 5 heteroatoms. The van der Waals surface area contributed by atoms with Crippen LogP contribution in [0, 0.1) is 13.8 Å². The smallest absolute Gasteiger partial charge is 0.389 e. The molecule has 0 aliphatic carbocycles. The summed E-state index contributed by atoms with van der Waals surface area (Å²) >= 11 is 0. The lowest BCUT2D eigenvalue weighted by atomic mass is 10.1. The largest absolute Gasteiger partial charge is 0.493 e. The summed E-state index contributed by atoms with van der Waals surface area (Å²) in [6.07, 6.45) is -4.92. The minimum atomic E-state index is -4.11. The molecule has 0 fully saturated rings. The van der Waals surface area contributed by atoms with Crippen LogP contribution >= 0.6 is 0 Å². The van der Waals surface area contributed by atoms with Crippen molar-refractivity contribution in [2.45, 2.75) is 46.3 Å². The Morgan fingerprint density at radius 2 is 1.75 bits per heavy atom. The Labute approximate surface area is 118 Å². The molecule has 0 aromatic heterocycles. The lowest BCUT2D eigenvalue weighted by Crippen LogP contribution is -2.13. The Balaban J connectivity index is 2.58. The quantitative estimate of drug-likeness (QED) is 0.762. The molecule has 0 saturated carbocycles. The van der Waals surface area contributed by atoms with Crippen LogP contribution < -0.4 is 10.1 Å². The number of hydrogen-bond donors (Lipinski definition) is 1. The maximum Gasteiger partial charge on any atom is 0.389 e. The van der Waals surface area contributed by atoms with Crippen LogP contribution in [0.4, 0.5) is 13.2 Å². The molecule has 0 unspecified atom stereocenters.